The molecule has 0 radical (unpaired) electrons. The van der Waals surface area contributed by atoms with Gasteiger partial charge in [0, 0.05) is 13.1 Å². The number of amides is 1. The van der Waals surface area contributed by atoms with Gasteiger partial charge in [0.15, 0.2) is 0 Å². The first-order chi connectivity index (χ1) is 17.5. The van der Waals surface area contributed by atoms with Crippen molar-refractivity contribution in [3.8, 4) is 0 Å². The van der Waals surface area contributed by atoms with E-state index in [0.29, 0.717) is 6.54 Å². The van der Waals surface area contributed by atoms with E-state index in [4.69, 9.17) is 0 Å². The summed E-state index contributed by atoms with van der Waals surface area (Å²) in [5, 5.41) is 3.25. The summed E-state index contributed by atoms with van der Waals surface area (Å²) >= 11 is 0. The number of rotatable bonds is 9. The van der Waals surface area contributed by atoms with E-state index in [0.717, 1.165) is 56.4 Å². The Labute approximate surface area is 214 Å². The van der Waals surface area contributed by atoms with Crippen molar-refractivity contribution in [3.05, 3.63) is 108 Å². The van der Waals surface area contributed by atoms with Crippen molar-refractivity contribution in [2.75, 3.05) is 26.2 Å². The van der Waals surface area contributed by atoms with E-state index in [2.05, 4.69) is 46.6 Å². The highest BCUT2D eigenvalue weighted by Crippen LogP contribution is 2.55. The maximum absolute atomic E-state index is 13.6. The highest BCUT2D eigenvalue weighted by Gasteiger charge is 2.61. The normalized spacial score (nSPS) is 23.1. The number of likely N-dealkylation sites (tertiary alicyclic amines) is 1. The fraction of sp³-hybridized carbons (Fsp3) is 0.375. The molecular formula is C32H36N2O2. The minimum Gasteiger partial charge on any atom is -0.355 e. The lowest BCUT2D eigenvalue weighted by atomic mass is 9.70. The van der Waals surface area contributed by atoms with E-state index in [1.165, 1.54) is 5.56 Å². The number of benzene rings is 3. The van der Waals surface area contributed by atoms with Gasteiger partial charge in [-0.3, -0.25) is 9.59 Å². The molecule has 3 aromatic rings. The third-order valence-electron chi connectivity index (χ3n) is 8.53. The van der Waals surface area contributed by atoms with Crippen LogP contribution >= 0.6 is 0 Å². The summed E-state index contributed by atoms with van der Waals surface area (Å²) in [7, 11) is 0. The maximum Gasteiger partial charge on any atom is 0.231 e. The van der Waals surface area contributed by atoms with Gasteiger partial charge in [0.2, 0.25) is 5.91 Å². The first kappa shape index (κ1) is 24.5. The molecule has 36 heavy (non-hydrogen) atoms. The number of hydrogen-bond donors (Lipinski definition) is 1. The predicted molar refractivity (Wildman–Crippen MR) is 144 cm³/mol. The van der Waals surface area contributed by atoms with Crippen LogP contribution in [0.25, 0.3) is 0 Å². The van der Waals surface area contributed by atoms with E-state index >= 15 is 0 Å². The molecular weight excluding hydrogens is 444 g/mol. The van der Waals surface area contributed by atoms with Gasteiger partial charge < -0.3 is 10.2 Å². The van der Waals surface area contributed by atoms with Gasteiger partial charge in [0.1, 0.15) is 5.78 Å². The third-order valence-corrected chi connectivity index (χ3v) is 8.53. The van der Waals surface area contributed by atoms with Crippen LogP contribution in [0.4, 0.5) is 0 Å². The molecule has 1 aliphatic carbocycles. The largest absolute Gasteiger partial charge is 0.355 e. The monoisotopic (exact) mass is 480 g/mol. The van der Waals surface area contributed by atoms with Crippen LogP contribution in [0.2, 0.25) is 0 Å². The lowest BCUT2D eigenvalue weighted by Gasteiger charge is -2.41. The number of hydrogen-bond acceptors (Lipinski definition) is 3. The quantitative estimate of drug-likeness (QED) is 0.473. The predicted octanol–water partition coefficient (Wildman–Crippen LogP) is 4.93. The molecule has 2 fully saturated rings. The summed E-state index contributed by atoms with van der Waals surface area (Å²) < 4.78 is 0. The average molecular weight is 481 g/mol. The molecule has 5 rings (SSSR count). The number of carbonyl (C=O) groups is 2. The molecule has 1 saturated carbocycles. The van der Waals surface area contributed by atoms with Crippen LogP contribution < -0.4 is 5.32 Å². The van der Waals surface area contributed by atoms with Gasteiger partial charge in [-0.15, -0.1) is 0 Å². The molecule has 2 unspecified atom stereocenters. The molecule has 1 N–H and O–H groups in total. The third kappa shape index (κ3) is 4.75. The number of Topliss-reactive ketones (excluding diaryl/α,β-unsaturated/α-hetero) is 1. The Morgan fingerprint density at radius 3 is 1.97 bits per heavy atom. The van der Waals surface area contributed by atoms with Crippen LogP contribution in [0.15, 0.2) is 91.0 Å². The van der Waals surface area contributed by atoms with Crippen LogP contribution in [0.3, 0.4) is 0 Å². The first-order valence-electron chi connectivity index (χ1n) is 13.2. The zero-order chi connectivity index (χ0) is 25.0. The smallest absolute Gasteiger partial charge is 0.231 e. The Hall–Kier alpha value is -3.24. The van der Waals surface area contributed by atoms with Crippen LogP contribution in [0.1, 0.15) is 42.9 Å². The van der Waals surface area contributed by atoms with Crippen molar-refractivity contribution in [1.82, 2.24) is 10.2 Å². The number of piperidine rings is 1. The summed E-state index contributed by atoms with van der Waals surface area (Å²) in [6.07, 6.45) is 3.38. The van der Waals surface area contributed by atoms with Gasteiger partial charge in [-0.1, -0.05) is 91.0 Å². The Kier molecular flexibility index (Phi) is 7.06. The molecule has 3 aromatic carbocycles. The molecule has 186 valence electrons. The fourth-order valence-electron chi connectivity index (χ4n) is 6.20. The number of nitrogens with zero attached hydrogens (tertiary/aromatic N) is 1. The van der Waals surface area contributed by atoms with E-state index in [1.54, 1.807) is 6.92 Å². The molecule has 0 bridgehead atoms. The summed E-state index contributed by atoms with van der Waals surface area (Å²) in [6.45, 7) is 5.04. The Morgan fingerprint density at radius 2 is 1.39 bits per heavy atom. The minimum atomic E-state index is -0.452. The summed E-state index contributed by atoms with van der Waals surface area (Å²) in [4.78, 5) is 28.8. The molecule has 1 heterocycles. The van der Waals surface area contributed by atoms with Crippen molar-refractivity contribution in [2.45, 2.75) is 43.4 Å². The fourth-order valence-corrected chi connectivity index (χ4v) is 6.20. The SMILES string of the molecule is CC(=O)C1(c2ccccc2)CCN(CC2CC2(C(=O)NCCc2ccccc2)c2ccccc2)CC1. The molecule has 1 saturated heterocycles. The minimum absolute atomic E-state index is 0.147. The summed E-state index contributed by atoms with van der Waals surface area (Å²) in [6, 6.07) is 30.8. The van der Waals surface area contributed by atoms with Crippen molar-refractivity contribution >= 4 is 11.7 Å². The summed E-state index contributed by atoms with van der Waals surface area (Å²) in [5.41, 5.74) is 2.66. The number of ketones is 1. The average Bonchev–Trinajstić information content (AvgIpc) is 3.65. The molecule has 4 heteroatoms. The molecule has 1 amide bonds. The number of carbonyl (C=O) groups excluding carboxylic acids is 2. The van der Waals surface area contributed by atoms with Gasteiger partial charge in [-0.05, 0) is 68.3 Å². The second kappa shape index (κ2) is 10.4. The first-order valence-corrected chi connectivity index (χ1v) is 13.2. The molecule has 4 nitrogen and oxygen atoms in total. The number of nitrogens with one attached hydrogen (secondary N) is 1. The second-order valence-corrected chi connectivity index (χ2v) is 10.5. The van der Waals surface area contributed by atoms with E-state index < -0.39 is 5.41 Å². The Morgan fingerprint density at radius 1 is 0.833 bits per heavy atom. The maximum atomic E-state index is 13.6. The Balaban J connectivity index is 1.25. The van der Waals surface area contributed by atoms with Crippen molar-refractivity contribution in [2.24, 2.45) is 5.92 Å². The van der Waals surface area contributed by atoms with Gasteiger partial charge in [-0.25, -0.2) is 0 Å². The van der Waals surface area contributed by atoms with Gasteiger partial charge >= 0.3 is 0 Å². The lowest BCUT2D eigenvalue weighted by molar-refractivity contribution is -0.124. The van der Waals surface area contributed by atoms with Gasteiger partial charge in [0.25, 0.3) is 0 Å². The highest BCUT2D eigenvalue weighted by molar-refractivity contribution is 5.92. The van der Waals surface area contributed by atoms with Crippen LogP contribution in [-0.2, 0) is 26.8 Å². The van der Waals surface area contributed by atoms with E-state index in [1.807, 2.05) is 54.6 Å². The van der Waals surface area contributed by atoms with Gasteiger partial charge in [-0.2, -0.15) is 0 Å². The Bertz CT molecular complexity index is 1170. The lowest BCUT2D eigenvalue weighted by Crippen LogP contribution is -2.47. The zero-order valence-electron chi connectivity index (χ0n) is 21.2. The zero-order valence-corrected chi connectivity index (χ0v) is 21.2. The van der Waals surface area contributed by atoms with Gasteiger partial charge in [0.05, 0.1) is 10.8 Å². The summed E-state index contributed by atoms with van der Waals surface area (Å²) in [5.74, 6) is 0.698. The topological polar surface area (TPSA) is 49.4 Å². The second-order valence-electron chi connectivity index (χ2n) is 10.5. The van der Waals surface area contributed by atoms with E-state index in [-0.39, 0.29) is 23.0 Å². The van der Waals surface area contributed by atoms with Crippen molar-refractivity contribution in [3.63, 3.8) is 0 Å². The van der Waals surface area contributed by atoms with Crippen molar-refractivity contribution in [1.29, 1.82) is 0 Å². The van der Waals surface area contributed by atoms with Crippen LogP contribution in [-0.4, -0.2) is 42.8 Å². The molecule has 0 aromatic heterocycles. The van der Waals surface area contributed by atoms with Crippen LogP contribution in [0.5, 0.6) is 0 Å². The molecule has 2 aliphatic rings. The molecule has 1 aliphatic heterocycles. The standard InChI is InChI=1S/C32H36N2O2/c1-25(35)31(27-13-7-3-8-14-27)18-21-34(22-19-31)24-29-23-32(29,28-15-9-4-10-16-28)30(36)33-20-17-26-11-5-2-6-12-26/h2-16,29H,17-24H2,1H3,(H,33,36). The molecule has 0 spiro atoms. The van der Waals surface area contributed by atoms with Crippen LogP contribution in [0, 0.1) is 5.92 Å². The highest BCUT2D eigenvalue weighted by atomic mass is 16.2. The molecule has 2 atom stereocenters. The van der Waals surface area contributed by atoms with Crippen molar-refractivity contribution < 1.29 is 9.59 Å². The van der Waals surface area contributed by atoms with E-state index in [9.17, 15) is 9.59 Å².